The van der Waals surface area contributed by atoms with Crippen molar-refractivity contribution in [2.24, 2.45) is 11.7 Å². The molecule has 0 bridgehead atoms. The van der Waals surface area contributed by atoms with Gasteiger partial charge < -0.3 is 20.4 Å². The van der Waals surface area contributed by atoms with Crippen molar-refractivity contribution in [3.8, 4) is 0 Å². The summed E-state index contributed by atoms with van der Waals surface area (Å²) in [6.45, 7) is 5.31. The summed E-state index contributed by atoms with van der Waals surface area (Å²) in [5, 5.41) is 3.00. The number of hydrogen-bond donors (Lipinski definition) is 2. The molecule has 0 saturated carbocycles. The number of piperidine rings is 1. The highest BCUT2D eigenvalue weighted by Gasteiger charge is 2.26. The Hall–Kier alpha value is -1.82. The molecule has 0 aliphatic carbocycles. The first-order valence-corrected chi connectivity index (χ1v) is 7.36. The number of nitrogens with two attached hydrogens (primary N) is 1. The second-order valence-corrected chi connectivity index (χ2v) is 5.60. The zero-order valence-electron chi connectivity index (χ0n) is 12.6. The van der Waals surface area contributed by atoms with Gasteiger partial charge in [0.25, 0.3) is 5.91 Å². The minimum Gasteiger partial charge on any atom is -0.469 e. The maximum atomic E-state index is 12.1. The largest absolute Gasteiger partial charge is 0.469 e. The molecule has 6 nitrogen and oxygen atoms in total. The molecule has 3 N–H and O–H groups in total. The third kappa shape index (κ3) is 3.64. The van der Waals surface area contributed by atoms with Crippen molar-refractivity contribution >= 4 is 11.8 Å². The van der Waals surface area contributed by atoms with Crippen LogP contribution in [0.4, 0.5) is 0 Å². The molecule has 21 heavy (non-hydrogen) atoms. The lowest BCUT2D eigenvalue weighted by molar-refractivity contribution is -0.135. The van der Waals surface area contributed by atoms with Gasteiger partial charge in [-0.1, -0.05) is 6.92 Å². The number of carbonyl (C=O) groups excluding carboxylic acids is 2. The van der Waals surface area contributed by atoms with E-state index >= 15 is 0 Å². The summed E-state index contributed by atoms with van der Waals surface area (Å²) in [5.74, 6) is 0.482. The van der Waals surface area contributed by atoms with E-state index in [1.807, 2.05) is 11.8 Å². The van der Waals surface area contributed by atoms with Crippen LogP contribution in [-0.4, -0.2) is 42.4 Å². The molecule has 6 heteroatoms. The van der Waals surface area contributed by atoms with Gasteiger partial charge in [-0.25, -0.2) is 0 Å². The Morgan fingerprint density at radius 2 is 2.14 bits per heavy atom. The molecule has 1 aromatic rings. The Morgan fingerprint density at radius 1 is 1.48 bits per heavy atom. The van der Waals surface area contributed by atoms with Crippen LogP contribution in [0.3, 0.4) is 0 Å². The molecule has 116 valence electrons. The average Bonchev–Trinajstić information content (AvgIpc) is 2.92. The van der Waals surface area contributed by atoms with Crippen molar-refractivity contribution in [1.82, 2.24) is 10.2 Å². The zero-order chi connectivity index (χ0) is 15.4. The van der Waals surface area contributed by atoms with Gasteiger partial charge in [0.1, 0.15) is 5.76 Å². The van der Waals surface area contributed by atoms with Crippen molar-refractivity contribution in [3.05, 3.63) is 23.7 Å². The molecule has 1 fully saturated rings. The van der Waals surface area contributed by atoms with E-state index in [4.69, 9.17) is 10.2 Å². The van der Waals surface area contributed by atoms with Crippen LogP contribution in [0, 0.1) is 12.8 Å². The second-order valence-electron chi connectivity index (χ2n) is 5.60. The van der Waals surface area contributed by atoms with E-state index in [1.165, 1.54) is 6.26 Å². The van der Waals surface area contributed by atoms with Crippen molar-refractivity contribution in [2.45, 2.75) is 32.7 Å². The molecular weight excluding hydrogens is 270 g/mol. The maximum Gasteiger partial charge on any atom is 0.255 e. The van der Waals surface area contributed by atoms with Gasteiger partial charge in [-0.05, 0) is 25.8 Å². The second kappa shape index (κ2) is 6.76. The fourth-order valence-corrected chi connectivity index (χ4v) is 2.54. The van der Waals surface area contributed by atoms with Crippen molar-refractivity contribution < 1.29 is 14.0 Å². The standard InChI is InChI=1S/C15H23N3O3/c1-10(9-16)15(20)18-6-3-12(4-7-18)17-14(19)13-5-8-21-11(13)2/h5,8,10,12H,3-4,6-7,9,16H2,1-2H3,(H,17,19). The highest BCUT2D eigenvalue weighted by molar-refractivity contribution is 5.95. The van der Waals surface area contributed by atoms with Crippen LogP contribution in [0.15, 0.2) is 16.7 Å². The van der Waals surface area contributed by atoms with Gasteiger partial charge in [-0.15, -0.1) is 0 Å². The van der Waals surface area contributed by atoms with Gasteiger partial charge in [0.15, 0.2) is 0 Å². The molecule has 1 aliphatic heterocycles. The predicted octanol–water partition coefficient (Wildman–Crippen LogP) is 0.904. The van der Waals surface area contributed by atoms with Crippen LogP contribution < -0.4 is 11.1 Å². The minimum absolute atomic E-state index is 0.101. The number of likely N-dealkylation sites (tertiary alicyclic amines) is 1. The Labute approximate surface area is 124 Å². The highest BCUT2D eigenvalue weighted by Crippen LogP contribution is 2.15. The van der Waals surface area contributed by atoms with Crippen LogP contribution in [0.5, 0.6) is 0 Å². The molecule has 1 unspecified atom stereocenters. The fourth-order valence-electron chi connectivity index (χ4n) is 2.54. The molecule has 0 spiro atoms. The molecule has 1 saturated heterocycles. The molecule has 0 radical (unpaired) electrons. The first-order valence-electron chi connectivity index (χ1n) is 7.36. The highest BCUT2D eigenvalue weighted by atomic mass is 16.3. The minimum atomic E-state index is -0.135. The lowest BCUT2D eigenvalue weighted by atomic mass is 10.0. The van der Waals surface area contributed by atoms with Gasteiger partial charge in [0.05, 0.1) is 11.8 Å². The maximum absolute atomic E-state index is 12.1. The summed E-state index contributed by atoms with van der Waals surface area (Å²) in [6, 6.07) is 1.77. The summed E-state index contributed by atoms with van der Waals surface area (Å²) < 4.78 is 5.14. The molecule has 2 rings (SSSR count). The molecule has 1 atom stereocenters. The smallest absolute Gasteiger partial charge is 0.255 e. The van der Waals surface area contributed by atoms with Crippen molar-refractivity contribution in [3.63, 3.8) is 0 Å². The number of amides is 2. The summed E-state index contributed by atoms with van der Waals surface area (Å²) in [7, 11) is 0. The Bertz CT molecular complexity index is 504. The Balaban J connectivity index is 1.83. The Morgan fingerprint density at radius 3 is 2.67 bits per heavy atom. The van der Waals surface area contributed by atoms with Gasteiger partial charge in [0.2, 0.25) is 5.91 Å². The quantitative estimate of drug-likeness (QED) is 0.863. The van der Waals surface area contributed by atoms with E-state index < -0.39 is 0 Å². The van der Waals surface area contributed by atoms with E-state index in [1.54, 1.807) is 13.0 Å². The molecule has 0 aromatic carbocycles. The molecule has 1 aromatic heterocycles. The summed E-state index contributed by atoms with van der Waals surface area (Å²) in [5.41, 5.74) is 6.10. The number of rotatable bonds is 4. The molecule has 2 amide bonds. The van der Waals surface area contributed by atoms with Crippen LogP contribution in [-0.2, 0) is 4.79 Å². The van der Waals surface area contributed by atoms with Crippen molar-refractivity contribution in [1.29, 1.82) is 0 Å². The summed E-state index contributed by atoms with van der Waals surface area (Å²) in [6.07, 6.45) is 3.05. The van der Waals surface area contributed by atoms with Crippen LogP contribution >= 0.6 is 0 Å². The number of hydrogen-bond acceptors (Lipinski definition) is 4. The number of nitrogens with one attached hydrogen (secondary N) is 1. The molecular formula is C15H23N3O3. The third-order valence-corrected chi connectivity index (χ3v) is 4.02. The van der Waals surface area contributed by atoms with Gasteiger partial charge >= 0.3 is 0 Å². The average molecular weight is 293 g/mol. The van der Waals surface area contributed by atoms with E-state index in [0.29, 0.717) is 31.0 Å². The van der Waals surface area contributed by atoms with Crippen LogP contribution in [0.25, 0.3) is 0 Å². The van der Waals surface area contributed by atoms with E-state index in [0.717, 1.165) is 12.8 Å². The van der Waals surface area contributed by atoms with Gasteiger partial charge in [-0.2, -0.15) is 0 Å². The van der Waals surface area contributed by atoms with Crippen molar-refractivity contribution in [2.75, 3.05) is 19.6 Å². The normalized spacial score (nSPS) is 17.6. The lowest BCUT2D eigenvalue weighted by Gasteiger charge is -2.33. The van der Waals surface area contributed by atoms with E-state index in [9.17, 15) is 9.59 Å². The first-order chi connectivity index (χ1) is 10.0. The number of nitrogens with zero attached hydrogens (tertiary/aromatic N) is 1. The van der Waals surface area contributed by atoms with E-state index in [2.05, 4.69) is 5.32 Å². The first kappa shape index (κ1) is 15.6. The van der Waals surface area contributed by atoms with Gasteiger partial charge in [0, 0.05) is 31.6 Å². The molecule has 1 aliphatic rings. The summed E-state index contributed by atoms with van der Waals surface area (Å²) in [4.78, 5) is 26.0. The number of carbonyl (C=O) groups is 2. The topological polar surface area (TPSA) is 88.6 Å². The monoisotopic (exact) mass is 293 g/mol. The molecule has 2 heterocycles. The number of aryl methyl sites for hydroxylation is 1. The lowest BCUT2D eigenvalue weighted by Crippen LogP contribution is -2.48. The Kier molecular flexibility index (Phi) is 5.01. The van der Waals surface area contributed by atoms with Crippen LogP contribution in [0.2, 0.25) is 0 Å². The SMILES string of the molecule is Cc1occc1C(=O)NC1CCN(C(=O)C(C)CN)CC1. The number of furan rings is 1. The fraction of sp³-hybridized carbons (Fsp3) is 0.600. The van der Waals surface area contributed by atoms with Gasteiger partial charge in [-0.3, -0.25) is 9.59 Å². The third-order valence-electron chi connectivity index (χ3n) is 4.02. The van der Waals surface area contributed by atoms with E-state index in [-0.39, 0.29) is 23.8 Å². The van der Waals surface area contributed by atoms with Crippen LogP contribution in [0.1, 0.15) is 35.9 Å². The summed E-state index contributed by atoms with van der Waals surface area (Å²) >= 11 is 0. The zero-order valence-corrected chi connectivity index (χ0v) is 12.6. The predicted molar refractivity (Wildman–Crippen MR) is 78.7 cm³/mol.